The molecule has 156 valence electrons. The number of carbonyl (C=O) groups is 2. The minimum Gasteiger partial charge on any atom is -0.454 e. The topological polar surface area (TPSA) is 73.1 Å². The van der Waals surface area contributed by atoms with E-state index in [2.05, 4.69) is 0 Å². The lowest BCUT2D eigenvalue weighted by Gasteiger charge is -2.19. The fraction of sp³-hybridized carbons (Fsp3) is 0.435. The molecule has 7 heteroatoms. The Morgan fingerprint density at radius 2 is 1.87 bits per heavy atom. The van der Waals surface area contributed by atoms with Gasteiger partial charge in [-0.2, -0.15) is 0 Å². The molecule has 1 atom stereocenters. The van der Waals surface area contributed by atoms with Crippen molar-refractivity contribution < 1.29 is 19.1 Å². The van der Waals surface area contributed by atoms with Crippen molar-refractivity contribution in [1.82, 2.24) is 4.57 Å². The second kappa shape index (κ2) is 7.97. The lowest BCUT2D eigenvalue weighted by Crippen LogP contribution is -2.34. The third-order valence-corrected chi connectivity index (χ3v) is 6.11. The Balaban J connectivity index is 1.37. The fourth-order valence-electron chi connectivity index (χ4n) is 4.50. The average Bonchev–Trinajstić information content (AvgIpc) is 3.40. The molecule has 0 radical (unpaired) electrons. The van der Waals surface area contributed by atoms with Gasteiger partial charge in [0, 0.05) is 30.9 Å². The standard InChI is InChI=1S/C23H25N3O4/c27-22-12-16(14-26(22)18-9-10-19-20(13-18)30-15-29-19)23(28)25-11-5-4-8-21(25)24-17-6-2-1-3-7-17/h4-5,8-11,13,16-17H,1-3,6-7,12,14-15H2. The van der Waals surface area contributed by atoms with Crippen molar-refractivity contribution >= 4 is 17.5 Å². The first-order chi connectivity index (χ1) is 14.7. The fourth-order valence-corrected chi connectivity index (χ4v) is 4.50. The van der Waals surface area contributed by atoms with Crippen LogP contribution in [0.25, 0.3) is 0 Å². The minimum absolute atomic E-state index is 0.0606. The van der Waals surface area contributed by atoms with E-state index in [9.17, 15) is 9.59 Å². The molecule has 0 spiro atoms. The first-order valence-electron chi connectivity index (χ1n) is 10.6. The third kappa shape index (κ3) is 3.60. The van der Waals surface area contributed by atoms with Crippen LogP contribution in [0.5, 0.6) is 11.5 Å². The Labute approximate surface area is 174 Å². The van der Waals surface area contributed by atoms with Crippen LogP contribution in [-0.4, -0.2) is 35.8 Å². The van der Waals surface area contributed by atoms with E-state index in [1.54, 1.807) is 27.8 Å². The summed E-state index contributed by atoms with van der Waals surface area (Å²) < 4.78 is 12.4. The summed E-state index contributed by atoms with van der Waals surface area (Å²) in [6, 6.07) is 11.3. The Hall–Kier alpha value is -3.09. The number of amides is 1. The zero-order valence-electron chi connectivity index (χ0n) is 16.8. The van der Waals surface area contributed by atoms with Crippen molar-refractivity contribution in [2.45, 2.75) is 44.6 Å². The molecule has 2 aromatic rings. The summed E-state index contributed by atoms with van der Waals surface area (Å²) >= 11 is 0. The van der Waals surface area contributed by atoms with E-state index in [4.69, 9.17) is 14.5 Å². The summed E-state index contributed by atoms with van der Waals surface area (Å²) in [7, 11) is 0. The number of benzene rings is 1. The lowest BCUT2D eigenvalue weighted by atomic mass is 9.96. The molecular weight excluding hydrogens is 382 g/mol. The van der Waals surface area contributed by atoms with Crippen LogP contribution < -0.4 is 19.9 Å². The Morgan fingerprint density at radius 1 is 1.03 bits per heavy atom. The molecule has 1 unspecified atom stereocenters. The largest absolute Gasteiger partial charge is 0.454 e. The molecule has 1 amide bonds. The van der Waals surface area contributed by atoms with Gasteiger partial charge < -0.3 is 14.4 Å². The molecule has 1 saturated heterocycles. The molecule has 30 heavy (non-hydrogen) atoms. The molecule has 0 bridgehead atoms. The number of hydrogen-bond acceptors (Lipinski definition) is 5. The minimum atomic E-state index is -0.407. The number of fused-ring (bicyclic) bond motifs is 1. The second-order valence-electron chi connectivity index (χ2n) is 8.13. The molecule has 2 aliphatic heterocycles. The predicted octanol–water partition coefficient (Wildman–Crippen LogP) is 3.14. The van der Waals surface area contributed by atoms with Gasteiger partial charge in [-0.05, 0) is 37.1 Å². The number of anilines is 1. The molecule has 1 saturated carbocycles. The molecule has 2 fully saturated rings. The molecule has 0 N–H and O–H groups in total. The Kier molecular flexibility index (Phi) is 5.02. The molecule has 1 aromatic carbocycles. The van der Waals surface area contributed by atoms with Crippen LogP contribution in [0.1, 0.15) is 43.3 Å². The lowest BCUT2D eigenvalue weighted by molar-refractivity contribution is -0.117. The highest BCUT2D eigenvalue weighted by Gasteiger charge is 2.36. The number of rotatable bonds is 3. The van der Waals surface area contributed by atoms with Crippen LogP contribution >= 0.6 is 0 Å². The van der Waals surface area contributed by atoms with E-state index in [1.165, 1.54) is 19.3 Å². The highest BCUT2D eigenvalue weighted by molar-refractivity contribution is 6.01. The molecule has 1 aliphatic carbocycles. The van der Waals surface area contributed by atoms with Gasteiger partial charge in [0.05, 0.1) is 12.0 Å². The maximum atomic E-state index is 13.3. The molecule has 1 aromatic heterocycles. The van der Waals surface area contributed by atoms with Crippen LogP contribution in [-0.2, 0) is 4.79 Å². The Bertz CT molecular complexity index is 1040. The molecule has 3 aliphatic rings. The number of carbonyl (C=O) groups excluding carboxylic acids is 2. The van der Waals surface area contributed by atoms with E-state index in [0.29, 0.717) is 23.5 Å². The van der Waals surface area contributed by atoms with Gasteiger partial charge in [-0.3, -0.25) is 19.1 Å². The number of ether oxygens (including phenoxy) is 2. The normalized spacial score (nSPS) is 22.0. The third-order valence-electron chi connectivity index (χ3n) is 6.11. The van der Waals surface area contributed by atoms with Crippen LogP contribution in [0.15, 0.2) is 47.6 Å². The molecular formula is C23H25N3O4. The van der Waals surface area contributed by atoms with Gasteiger partial charge in [-0.1, -0.05) is 25.3 Å². The first kappa shape index (κ1) is 18.9. The molecule has 7 nitrogen and oxygen atoms in total. The van der Waals surface area contributed by atoms with Crippen LogP contribution in [0.4, 0.5) is 5.69 Å². The number of nitrogens with zero attached hydrogens (tertiary/aromatic N) is 3. The van der Waals surface area contributed by atoms with E-state index in [0.717, 1.165) is 18.5 Å². The molecule has 3 heterocycles. The van der Waals surface area contributed by atoms with Gasteiger partial charge in [-0.15, -0.1) is 0 Å². The quantitative estimate of drug-likeness (QED) is 0.784. The van der Waals surface area contributed by atoms with Crippen LogP contribution in [0.3, 0.4) is 0 Å². The van der Waals surface area contributed by atoms with Gasteiger partial charge in [0.15, 0.2) is 11.5 Å². The maximum absolute atomic E-state index is 13.3. The van der Waals surface area contributed by atoms with Crippen LogP contribution in [0.2, 0.25) is 0 Å². The van der Waals surface area contributed by atoms with Crippen molar-refractivity contribution in [1.29, 1.82) is 0 Å². The van der Waals surface area contributed by atoms with Crippen molar-refractivity contribution in [3.05, 3.63) is 48.1 Å². The molecule has 5 rings (SSSR count). The van der Waals surface area contributed by atoms with Crippen molar-refractivity contribution in [2.24, 2.45) is 10.9 Å². The highest BCUT2D eigenvalue weighted by Crippen LogP contribution is 2.37. The maximum Gasteiger partial charge on any atom is 0.237 e. The summed E-state index contributed by atoms with van der Waals surface area (Å²) in [5.74, 6) is 0.750. The van der Waals surface area contributed by atoms with Gasteiger partial charge in [-0.25, -0.2) is 0 Å². The number of aromatic nitrogens is 1. The van der Waals surface area contributed by atoms with Crippen molar-refractivity contribution in [3.63, 3.8) is 0 Å². The average molecular weight is 407 g/mol. The summed E-state index contributed by atoms with van der Waals surface area (Å²) in [5.41, 5.74) is 1.41. The summed E-state index contributed by atoms with van der Waals surface area (Å²) in [4.78, 5) is 32.5. The smallest absolute Gasteiger partial charge is 0.237 e. The summed E-state index contributed by atoms with van der Waals surface area (Å²) in [6.45, 7) is 0.536. The monoisotopic (exact) mass is 407 g/mol. The second-order valence-corrected chi connectivity index (χ2v) is 8.13. The van der Waals surface area contributed by atoms with Gasteiger partial charge in [0.2, 0.25) is 18.6 Å². The summed E-state index contributed by atoms with van der Waals surface area (Å²) in [6.07, 6.45) is 7.74. The zero-order chi connectivity index (χ0) is 20.5. The van der Waals surface area contributed by atoms with Crippen molar-refractivity contribution in [3.8, 4) is 11.5 Å². The van der Waals surface area contributed by atoms with E-state index in [-0.39, 0.29) is 31.1 Å². The zero-order valence-corrected chi connectivity index (χ0v) is 16.8. The van der Waals surface area contributed by atoms with Gasteiger partial charge in [0.1, 0.15) is 5.49 Å². The number of hydrogen-bond donors (Lipinski definition) is 0. The number of pyridine rings is 1. The van der Waals surface area contributed by atoms with Crippen LogP contribution in [0, 0.1) is 5.92 Å². The van der Waals surface area contributed by atoms with E-state index < -0.39 is 5.92 Å². The van der Waals surface area contributed by atoms with Gasteiger partial charge >= 0.3 is 0 Å². The first-order valence-corrected chi connectivity index (χ1v) is 10.6. The SMILES string of the molecule is O=C1CC(C(=O)n2ccccc2=NC2CCCCC2)CN1c1ccc2c(c1)OCO2. The van der Waals surface area contributed by atoms with Crippen molar-refractivity contribution in [2.75, 3.05) is 18.2 Å². The predicted molar refractivity (Wildman–Crippen MR) is 111 cm³/mol. The van der Waals surface area contributed by atoms with E-state index >= 15 is 0 Å². The van der Waals surface area contributed by atoms with E-state index in [1.807, 2.05) is 24.3 Å². The Morgan fingerprint density at radius 3 is 2.73 bits per heavy atom. The summed E-state index contributed by atoms with van der Waals surface area (Å²) in [5, 5.41) is 0. The van der Waals surface area contributed by atoms with Gasteiger partial charge in [0.25, 0.3) is 0 Å². The highest BCUT2D eigenvalue weighted by atomic mass is 16.7.